The first-order valence-electron chi connectivity index (χ1n) is 9.33. The number of halogens is 1. The average molecular weight is 399 g/mol. The van der Waals surface area contributed by atoms with E-state index in [-0.39, 0.29) is 18.9 Å². The summed E-state index contributed by atoms with van der Waals surface area (Å²) in [5, 5.41) is 4.66. The number of rotatable bonds is 8. The highest BCUT2D eigenvalue weighted by Crippen LogP contribution is 2.28. The van der Waals surface area contributed by atoms with Crippen LogP contribution in [-0.4, -0.2) is 36.4 Å². The van der Waals surface area contributed by atoms with Crippen molar-refractivity contribution >= 4 is 18.3 Å². The second kappa shape index (κ2) is 9.18. The Labute approximate surface area is 167 Å². The van der Waals surface area contributed by atoms with Gasteiger partial charge in [0.25, 0.3) is 5.91 Å². The smallest absolute Gasteiger partial charge is 0.321 e. The zero-order valence-electron chi connectivity index (χ0n) is 16.0. The highest BCUT2D eigenvalue weighted by Gasteiger charge is 2.30. The number of hydrogen-bond donors (Lipinski definition) is 2. The molecule has 2 aromatic carbocycles. The molecule has 0 unspecified atom stereocenters. The van der Waals surface area contributed by atoms with Crippen LogP contribution in [0, 0.1) is 5.82 Å². The SMILES string of the molecule is CCCOc1ccc2c(c1)C(=O)N(C[C@H](NC(=O)NC=O)c1ccc(F)cc1)C2. The number of hydrogen-bond acceptors (Lipinski definition) is 4. The van der Waals surface area contributed by atoms with E-state index in [4.69, 9.17) is 4.74 Å². The van der Waals surface area contributed by atoms with Gasteiger partial charge in [0.15, 0.2) is 0 Å². The number of fused-ring (bicyclic) bond motifs is 1. The molecule has 0 saturated heterocycles. The standard InChI is InChI=1S/C21H22FN3O4/c1-2-9-29-17-8-5-15-11-25(20(27)18(15)10-17)12-19(24-21(28)23-13-26)14-3-6-16(22)7-4-14/h3-8,10,13,19H,2,9,11-12H2,1H3,(H2,23,24,26,28)/t19-/m0/s1. The maximum atomic E-state index is 13.3. The zero-order chi connectivity index (χ0) is 20.8. The lowest BCUT2D eigenvalue weighted by Crippen LogP contribution is -2.42. The molecular weight excluding hydrogens is 377 g/mol. The number of carbonyl (C=O) groups excluding carboxylic acids is 3. The number of nitrogens with one attached hydrogen (secondary N) is 2. The van der Waals surface area contributed by atoms with Crippen LogP contribution in [0.1, 0.15) is 40.9 Å². The molecule has 7 nitrogen and oxygen atoms in total. The number of urea groups is 1. The highest BCUT2D eigenvalue weighted by atomic mass is 19.1. The summed E-state index contributed by atoms with van der Waals surface area (Å²) >= 11 is 0. The molecule has 0 saturated carbocycles. The van der Waals surface area contributed by atoms with Crippen LogP contribution < -0.4 is 15.4 Å². The van der Waals surface area contributed by atoms with Gasteiger partial charge in [-0.05, 0) is 41.8 Å². The monoisotopic (exact) mass is 399 g/mol. The van der Waals surface area contributed by atoms with Gasteiger partial charge >= 0.3 is 6.03 Å². The van der Waals surface area contributed by atoms with Crippen molar-refractivity contribution in [2.75, 3.05) is 13.2 Å². The second-order valence-corrected chi connectivity index (χ2v) is 6.69. The fourth-order valence-electron chi connectivity index (χ4n) is 3.20. The first-order chi connectivity index (χ1) is 14.0. The Morgan fingerprint density at radius 1 is 1.28 bits per heavy atom. The third-order valence-corrected chi connectivity index (χ3v) is 4.60. The minimum Gasteiger partial charge on any atom is -0.494 e. The lowest BCUT2D eigenvalue weighted by atomic mass is 10.1. The highest BCUT2D eigenvalue weighted by molar-refractivity contribution is 5.98. The van der Waals surface area contributed by atoms with Gasteiger partial charge < -0.3 is 15.0 Å². The number of nitrogens with zero attached hydrogens (tertiary/aromatic N) is 1. The number of benzene rings is 2. The molecule has 8 heteroatoms. The Hall–Kier alpha value is -3.42. The van der Waals surface area contributed by atoms with E-state index in [1.54, 1.807) is 11.0 Å². The van der Waals surface area contributed by atoms with Crippen molar-refractivity contribution in [3.8, 4) is 5.75 Å². The Bertz CT molecular complexity index is 901. The summed E-state index contributed by atoms with van der Waals surface area (Å²) in [5.74, 6) is 0.0557. The van der Waals surface area contributed by atoms with Crippen molar-refractivity contribution in [2.45, 2.75) is 25.9 Å². The zero-order valence-corrected chi connectivity index (χ0v) is 16.0. The third-order valence-electron chi connectivity index (χ3n) is 4.60. The second-order valence-electron chi connectivity index (χ2n) is 6.69. The van der Waals surface area contributed by atoms with Crippen molar-refractivity contribution in [2.24, 2.45) is 0 Å². The number of amides is 4. The molecule has 0 bridgehead atoms. The van der Waals surface area contributed by atoms with E-state index in [2.05, 4.69) is 5.32 Å². The van der Waals surface area contributed by atoms with E-state index in [1.807, 2.05) is 24.4 Å². The molecule has 0 aliphatic carbocycles. The van der Waals surface area contributed by atoms with Crippen LogP contribution in [0.15, 0.2) is 42.5 Å². The molecule has 1 aliphatic heterocycles. The lowest BCUT2D eigenvalue weighted by molar-refractivity contribution is -0.108. The van der Waals surface area contributed by atoms with Crippen molar-refractivity contribution < 1.29 is 23.5 Å². The summed E-state index contributed by atoms with van der Waals surface area (Å²) in [7, 11) is 0. The molecule has 0 fully saturated rings. The Morgan fingerprint density at radius 3 is 2.72 bits per heavy atom. The van der Waals surface area contributed by atoms with Crippen LogP contribution >= 0.6 is 0 Å². The van der Waals surface area contributed by atoms with Gasteiger partial charge in [0, 0.05) is 18.7 Å². The lowest BCUT2D eigenvalue weighted by Gasteiger charge is -2.25. The average Bonchev–Trinajstić information content (AvgIpc) is 3.02. The third kappa shape index (κ3) is 4.90. The molecule has 29 heavy (non-hydrogen) atoms. The summed E-state index contributed by atoms with van der Waals surface area (Å²) < 4.78 is 18.9. The van der Waals surface area contributed by atoms with Gasteiger partial charge in [-0.1, -0.05) is 25.1 Å². The molecule has 2 N–H and O–H groups in total. The predicted octanol–water partition coefficient (Wildman–Crippen LogP) is 2.77. The minimum absolute atomic E-state index is 0.163. The van der Waals surface area contributed by atoms with Gasteiger partial charge in [-0.3, -0.25) is 14.9 Å². The van der Waals surface area contributed by atoms with Crippen LogP contribution in [0.2, 0.25) is 0 Å². The molecular formula is C21H22FN3O4. The van der Waals surface area contributed by atoms with E-state index in [9.17, 15) is 18.8 Å². The van der Waals surface area contributed by atoms with E-state index in [0.717, 1.165) is 12.0 Å². The van der Waals surface area contributed by atoms with Gasteiger partial charge in [-0.25, -0.2) is 9.18 Å². The maximum absolute atomic E-state index is 13.3. The first-order valence-corrected chi connectivity index (χ1v) is 9.33. The first kappa shape index (κ1) is 20.3. The molecule has 0 aromatic heterocycles. The molecule has 2 aromatic rings. The molecule has 0 radical (unpaired) electrons. The van der Waals surface area contributed by atoms with Gasteiger partial charge in [0.1, 0.15) is 11.6 Å². The summed E-state index contributed by atoms with van der Waals surface area (Å²) in [6.45, 7) is 3.12. The van der Waals surface area contributed by atoms with Crippen LogP contribution in [-0.2, 0) is 11.3 Å². The molecule has 152 valence electrons. The van der Waals surface area contributed by atoms with Crippen molar-refractivity contribution in [3.05, 3.63) is 65.0 Å². The van der Waals surface area contributed by atoms with Gasteiger partial charge in [0.2, 0.25) is 6.41 Å². The fourth-order valence-corrected chi connectivity index (χ4v) is 3.20. The van der Waals surface area contributed by atoms with Crippen LogP contribution in [0.4, 0.5) is 9.18 Å². The van der Waals surface area contributed by atoms with E-state index < -0.39 is 17.9 Å². The minimum atomic E-state index is -0.700. The summed E-state index contributed by atoms with van der Waals surface area (Å²) in [6, 6.07) is 9.72. The van der Waals surface area contributed by atoms with Gasteiger partial charge in [-0.15, -0.1) is 0 Å². The molecule has 0 spiro atoms. The quantitative estimate of drug-likeness (QED) is 0.668. The predicted molar refractivity (Wildman–Crippen MR) is 104 cm³/mol. The molecule has 3 rings (SSSR count). The van der Waals surface area contributed by atoms with E-state index in [0.29, 0.717) is 30.0 Å². The molecule has 1 atom stereocenters. The van der Waals surface area contributed by atoms with Gasteiger partial charge in [0.05, 0.1) is 12.6 Å². The molecule has 4 amide bonds. The maximum Gasteiger partial charge on any atom is 0.321 e. The Morgan fingerprint density at radius 2 is 2.03 bits per heavy atom. The Balaban J connectivity index is 1.78. The van der Waals surface area contributed by atoms with E-state index >= 15 is 0 Å². The van der Waals surface area contributed by atoms with Crippen LogP contribution in [0.25, 0.3) is 0 Å². The summed E-state index contributed by atoms with van der Waals surface area (Å²) in [5.41, 5.74) is 2.05. The number of carbonyl (C=O) groups is 3. The topological polar surface area (TPSA) is 87.7 Å². The normalized spacial score (nSPS) is 13.6. The van der Waals surface area contributed by atoms with Crippen LogP contribution in [0.5, 0.6) is 5.75 Å². The summed E-state index contributed by atoms with van der Waals surface area (Å²) in [6.07, 6.45) is 1.14. The van der Waals surface area contributed by atoms with E-state index in [1.165, 1.54) is 24.3 Å². The molecule has 1 aliphatic rings. The Kier molecular flexibility index (Phi) is 6.43. The van der Waals surface area contributed by atoms with Crippen molar-refractivity contribution in [1.29, 1.82) is 0 Å². The van der Waals surface area contributed by atoms with Gasteiger partial charge in [-0.2, -0.15) is 0 Å². The van der Waals surface area contributed by atoms with Crippen molar-refractivity contribution in [3.63, 3.8) is 0 Å². The van der Waals surface area contributed by atoms with Crippen LogP contribution in [0.3, 0.4) is 0 Å². The van der Waals surface area contributed by atoms with Crippen molar-refractivity contribution in [1.82, 2.24) is 15.5 Å². The fraction of sp³-hybridized carbons (Fsp3) is 0.286. The largest absolute Gasteiger partial charge is 0.494 e. The number of ether oxygens (including phenoxy) is 1. The number of imide groups is 1. The summed E-state index contributed by atoms with van der Waals surface area (Å²) in [4.78, 5) is 36.9. The molecule has 1 heterocycles.